The Kier molecular flexibility index (Phi) is 9.76. The highest BCUT2D eigenvalue weighted by Crippen LogP contribution is 2.36. The highest BCUT2D eigenvalue weighted by Gasteiger charge is 2.32. The van der Waals surface area contributed by atoms with Crippen molar-refractivity contribution >= 4 is 51.6 Å². The van der Waals surface area contributed by atoms with Gasteiger partial charge in [-0.2, -0.15) is 5.10 Å². The van der Waals surface area contributed by atoms with Gasteiger partial charge in [0.25, 0.3) is 0 Å². The minimum absolute atomic E-state index is 0.0405. The number of carbonyl (C=O) groups is 2. The van der Waals surface area contributed by atoms with Crippen LogP contribution in [0.2, 0.25) is 5.02 Å². The third-order valence-corrected chi connectivity index (χ3v) is 8.42. The SMILES string of the molecule is COCCn1cc(NC(=O)[C@H](CC2CCCC2)N(C=O)c2ccc([C@H](C)Nc3cc(Cl)cnc3C)s2)cn1. The molecular formula is C27H35ClN6O3S. The van der Waals surface area contributed by atoms with Gasteiger partial charge in [0.15, 0.2) is 0 Å². The zero-order chi connectivity index (χ0) is 27.1. The van der Waals surface area contributed by atoms with Crippen molar-refractivity contribution in [3.8, 4) is 0 Å². The molecule has 204 valence electrons. The average molecular weight is 559 g/mol. The highest BCUT2D eigenvalue weighted by molar-refractivity contribution is 7.16. The van der Waals surface area contributed by atoms with Gasteiger partial charge in [-0.05, 0) is 44.4 Å². The predicted molar refractivity (Wildman–Crippen MR) is 152 cm³/mol. The molecule has 3 heterocycles. The number of nitrogens with zero attached hydrogens (tertiary/aromatic N) is 4. The number of hydrogen-bond acceptors (Lipinski definition) is 7. The number of anilines is 3. The maximum Gasteiger partial charge on any atom is 0.247 e. The van der Waals surface area contributed by atoms with Crippen LogP contribution in [0.25, 0.3) is 0 Å². The Morgan fingerprint density at radius 3 is 2.87 bits per heavy atom. The molecule has 3 aromatic heterocycles. The van der Waals surface area contributed by atoms with E-state index in [1.54, 1.807) is 35.3 Å². The number of carbonyl (C=O) groups excluding carboxylic acids is 2. The first-order valence-corrected chi connectivity index (χ1v) is 14.1. The Balaban J connectivity index is 1.51. The van der Waals surface area contributed by atoms with E-state index in [-0.39, 0.29) is 11.9 Å². The molecule has 1 aliphatic rings. The monoisotopic (exact) mass is 558 g/mol. The van der Waals surface area contributed by atoms with Crippen molar-refractivity contribution in [1.82, 2.24) is 14.8 Å². The number of halogens is 1. The van der Waals surface area contributed by atoms with Crippen LogP contribution in [0.5, 0.6) is 0 Å². The zero-order valence-electron chi connectivity index (χ0n) is 22.0. The third-order valence-electron chi connectivity index (χ3n) is 6.93. The summed E-state index contributed by atoms with van der Waals surface area (Å²) in [4.78, 5) is 32.9. The molecule has 11 heteroatoms. The maximum absolute atomic E-state index is 13.5. The zero-order valence-corrected chi connectivity index (χ0v) is 23.6. The molecule has 0 saturated heterocycles. The van der Waals surface area contributed by atoms with E-state index in [0.717, 1.165) is 53.4 Å². The lowest BCUT2D eigenvalue weighted by atomic mass is 9.97. The third kappa shape index (κ3) is 7.12. The molecule has 1 fully saturated rings. The van der Waals surface area contributed by atoms with Gasteiger partial charge in [0.1, 0.15) is 6.04 Å². The predicted octanol–water partition coefficient (Wildman–Crippen LogP) is 5.67. The summed E-state index contributed by atoms with van der Waals surface area (Å²) < 4.78 is 6.82. The Hall–Kier alpha value is -2.95. The largest absolute Gasteiger partial charge is 0.383 e. The van der Waals surface area contributed by atoms with E-state index >= 15 is 0 Å². The van der Waals surface area contributed by atoms with Crippen molar-refractivity contribution in [2.75, 3.05) is 29.3 Å². The minimum Gasteiger partial charge on any atom is -0.383 e. The summed E-state index contributed by atoms with van der Waals surface area (Å²) in [6.45, 7) is 5.09. The van der Waals surface area contributed by atoms with Crippen LogP contribution in [0.15, 0.2) is 36.8 Å². The van der Waals surface area contributed by atoms with E-state index in [2.05, 4.69) is 20.7 Å². The maximum atomic E-state index is 13.5. The number of hydrogen-bond donors (Lipinski definition) is 2. The number of amides is 2. The summed E-state index contributed by atoms with van der Waals surface area (Å²) >= 11 is 7.63. The van der Waals surface area contributed by atoms with E-state index in [1.807, 2.05) is 32.0 Å². The first-order chi connectivity index (χ1) is 18.4. The molecule has 0 unspecified atom stereocenters. The fraction of sp³-hybridized carbons (Fsp3) is 0.481. The Labute approximate surface area is 232 Å². The Morgan fingerprint density at radius 2 is 2.13 bits per heavy atom. The summed E-state index contributed by atoms with van der Waals surface area (Å²) in [5, 5.41) is 12.0. The number of aryl methyl sites for hydroxylation is 1. The highest BCUT2D eigenvalue weighted by atomic mass is 35.5. The van der Waals surface area contributed by atoms with E-state index in [9.17, 15) is 9.59 Å². The van der Waals surface area contributed by atoms with Gasteiger partial charge in [0.05, 0.1) is 52.5 Å². The van der Waals surface area contributed by atoms with Crippen LogP contribution in [0.1, 0.15) is 55.6 Å². The van der Waals surface area contributed by atoms with E-state index in [4.69, 9.17) is 16.3 Å². The molecule has 3 aromatic rings. The molecule has 2 N–H and O–H groups in total. The molecular weight excluding hydrogens is 524 g/mol. The van der Waals surface area contributed by atoms with Crippen LogP contribution in [0.4, 0.5) is 16.4 Å². The summed E-state index contributed by atoms with van der Waals surface area (Å²) in [5.41, 5.74) is 2.31. The number of nitrogens with one attached hydrogen (secondary N) is 2. The first kappa shape index (κ1) is 28.1. The van der Waals surface area contributed by atoms with Crippen molar-refractivity contribution in [2.24, 2.45) is 5.92 Å². The number of ether oxygens (including phenoxy) is 1. The molecule has 0 bridgehead atoms. The second-order valence-corrected chi connectivity index (χ2v) is 11.2. The lowest BCUT2D eigenvalue weighted by Crippen LogP contribution is -2.44. The lowest BCUT2D eigenvalue weighted by Gasteiger charge is -2.28. The van der Waals surface area contributed by atoms with Crippen molar-refractivity contribution < 1.29 is 14.3 Å². The number of thiophene rings is 1. The van der Waals surface area contributed by atoms with Gasteiger partial charge in [-0.15, -0.1) is 11.3 Å². The topological polar surface area (TPSA) is 101 Å². The van der Waals surface area contributed by atoms with Crippen molar-refractivity contribution in [1.29, 1.82) is 0 Å². The van der Waals surface area contributed by atoms with Crippen molar-refractivity contribution in [2.45, 2.75) is 64.6 Å². The van der Waals surface area contributed by atoms with E-state index in [1.165, 1.54) is 11.3 Å². The smallest absolute Gasteiger partial charge is 0.247 e. The fourth-order valence-corrected chi connectivity index (χ4v) is 6.00. The molecule has 0 spiro atoms. The molecule has 0 aromatic carbocycles. The number of methoxy groups -OCH3 is 1. The second kappa shape index (κ2) is 13.2. The van der Waals surface area contributed by atoms with Gasteiger partial charge in [0.2, 0.25) is 12.3 Å². The van der Waals surface area contributed by atoms with Crippen molar-refractivity contribution in [3.05, 3.63) is 52.4 Å². The van der Waals surface area contributed by atoms with Crippen LogP contribution < -0.4 is 15.5 Å². The molecule has 0 aliphatic heterocycles. The van der Waals surface area contributed by atoms with Gasteiger partial charge < -0.3 is 15.4 Å². The molecule has 1 saturated carbocycles. The van der Waals surface area contributed by atoms with Crippen LogP contribution in [-0.2, 0) is 20.9 Å². The van der Waals surface area contributed by atoms with E-state index in [0.29, 0.717) is 36.2 Å². The Bertz CT molecular complexity index is 1230. The molecule has 38 heavy (non-hydrogen) atoms. The molecule has 4 rings (SSSR count). The van der Waals surface area contributed by atoms with Crippen LogP contribution in [-0.4, -0.2) is 46.8 Å². The number of aromatic nitrogens is 3. The quantitative estimate of drug-likeness (QED) is 0.262. The summed E-state index contributed by atoms with van der Waals surface area (Å²) in [6.07, 6.45) is 10.9. The van der Waals surface area contributed by atoms with Gasteiger partial charge >= 0.3 is 0 Å². The summed E-state index contributed by atoms with van der Waals surface area (Å²) in [7, 11) is 1.64. The molecule has 2 amide bonds. The van der Waals surface area contributed by atoms with Crippen LogP contribution >= 0.6 is 22.9 Å². The molecule has 2 atom stereocenters. The Morgan fingerprint density at radius 1 is 1.34 bits per heavy atom. The molecule has 1 aliphatic carbocycles. The number of rotatable bonds is 13. The average Bonchev–Trinajstić information content (AvgIpc) is 3.67. The van der Waals surface area contributed by atoms with Gasteiger partial charge in [-0.1, -0.05) is 37.3 Å². The minimum atomic E-state index is -0.618. The molecule has 9 nitrogen and oxygen atoms in total. The standard InChI is InChI=1S/C27H35ClN6O3S/c1-18-23(13-21(28)14-29-18)31-19(2)25-8-9-26(38-25)34(17-35)24(12-20-6-4-5-7-20)27(36)32-22-15-30-33(16-22)10-11-37-3/h8-9,13-17,19-20,24,31H,4-7,10-12H2,1-3H3,(H,32,36)/t19-,24-/m0/s1. The van der Waals surface area contributed by atoms with E-state index < -0.39 is 6.04 Å². The van der Waals surface area contributed by atoms with Crippen molar-refractivity contribution in [3.63, 3.8) is 0 Å². The normalized spacial score (nSPS) is 15.3. The fourth-order valence-electron chi connectivity index (χ4n) is 4.82. The molecule has 0 radical (unpaired) electrons. The van der Waals surface area contributed by atoms with Crippen LogP contribution in [0.3, 0.4) is 0 Å². The number of pyridine rings is 1. The summed E-state index contributed by atoms with van der Waals surface area (Å²) in [5.74, 6) is 0.202. The van der Waals surface area contributed by atoms with Gasteiger partial charge in [-0.25, -0.2) is 0 Å². The first-order valence-electron chi connectivity index (χ1n) is 12.9. The van der Waals surface area contributed by atoms with Gasteiger partial charge in [0, 0.05) is 24.4 Å². The van der Waals surface area contributed by atoms with Crippen LogP contribution in [0, 0.1) is 12.8 Å². The van der Waals surface area contributed by atoms with Gasteiger partial charge in [-0.3, -0.25) is 24.2 Å². The lowest BCUT2D eigenvalue weighted by molar-refractivity contribution is -0.119. The second-order valence-electron chi connectivity index (χ2n) is 9.72. The summed E-state index contributed by atoms with van der Waals surface area (Å²) in [6, 6.07) is 5.10.